The molecule has 18 heavy (non-hydrogen) atoms. The van der Waals surface area contributed by atoms with Gasteiger partial charge >= 0.3 is 0 Å². The Morgan fingerprint density at radius 1 is 1.22 bits per heavy atom. The first-order valence-electron chi connectivity index (χ1n) is 7.45. The molecule has 1 heterocycles. The number of hydrogen-bond donors (Lipinski definition) is 1. The molecule has 1 rings (SSSR count). The fraction of sp³-hybridized carbons (Fsp3) is 0.800. The van der Waals surface area contributed by atoms with Crippen LogP contribution in [0.4, 0.5) is 0 Å². The van der Waals surface area contributed by atoms with Gasteiger partial charge in [0.25, 0.3) is 0 Å². The van der Waals surface area contributed by atoms with E-state index in [4.69, 9.17) is 5.11 Å². The summed E-state index contributed by atoms with van der Waals surface area (Å²) in [5, 5.41) is 8.94. The van der Waals surface area contributed by atoms with Gasteiger partial charge in [-0.15, -0.1) is 0 Å². The molecule has 0 saturated carbocycles. The highest BCUT2D eigenvalue weighted by molar-refractivity contribution is 5.94. The van der Waals surface area contributed by atoms with E-state index < -0.39 is 0 Å². The highest BCUT2D eigenvalue weighted by atomic mass is 16.3. The summed E-state index contributed by atoms with van der Waals surface area (Å²) in [6.07, 6.45) is 13.6. The minimum absolute atomic E-state index is 0.213. The third-order valence-electron chi connectivity index (χ3n) is 3.33. The number of aliphatic imine (C=N–C) groups is 1. The molecule has 0 fully saturated rings. The first kappa shape index (κ1) is 15.2. The van der Waals surface area contributed by atoms with Crippen molar-refractivity contribution in [2.24, 2.45) is 4.99 Å². The molecular formula is C15H28N2O. The second-order valence-electron chi connectivity index (χ2n) is 4.91. The molecule has 104 valence electrons. The molecule has 0 amide bonds. The number of hydrogen-bond acceptors (Lipinski definition) is 3. The standard InChI is InChI=1S/C15H28N2O/c1-2-3-4-5-6-7-8-9-10-15-16-11-12-17(15)13-14-18/h9-10,18H,2-8,11-14H2,1H3. The zero-order valence-electron chi connectivity index (χ0n) is 11.8. The molecule has 0 unspecified atom stereocenters. The van der Waals surface area contributed by atoms with Crippen LogP contribution in [0.1, 0.15) is 51.9 Å². The molecule has 0 aromatic heterocycles. The minimum atomic E-state index is 0.213. The van der Waals surface area contributed by atoms with Gasteiger partial charge in [-0.3, -0.25) is 4.99 Å². The van der Waals surface area contributed by atoms with Crippen molar-refractivity contribution in [1.29, 1.82) is 0 Å². The van der Waals surface area contributed by atoms with E-state index in [0.717, 1.165) is 25.3 Å². The van der Waals surface area contributed by atoms with Crippen LogP contribution < -0.4 is 0 Å². The highest BCUT2D eigenvalue weighted by Crippen LogP contribution is 2.08. The number of unbranched alkanes of at least 4 members (excludes halogenated alkanes) is 6. The van der Waals surface area contributed by atoms with Crippen molar-refractivity contribution in [2.75, 3.05) is 26.2 Å². The second-order valence-corrected chi connectivity index (χ2v) is 4.91. The second kappa shape index (κ2) is 10.1. The molecule has 0 aromatic carbocycles. The van der Waals surface area contributed by atoms with E-state index in [9.17, 15) is 0 Å². The predicted molar refractivity (Wildman–Crippen MR) is 78.1 cm³/mol. The van der Waals surface area contributed by atoms with Gasteiger partial charge in [0.2, 0.25) is 0 Å². The van der Waals surface area contributed by atoms with E-state index in [2.05, 4.69) is 29.0 Å². The molecular weight excluding hydrogens is 224 g/mol. The Hall–Kier alpha value is -0.830. The Balaban J connectivity index is 2.05. The van der Waals surface area contributed by atoms with Crippen LogP contribution in [0.2, 0.25) is 0 Å². The average molecular weight is 252 g/mol. The SMILES string of the molecule is CCCCCCCCC=CC1=NCCN1CCO. The van der Waals surface area contributed by atoms with Crippen molar-refractivity contribution >= 4 is 5.84 Å². The van der Waals surface area contributed by atoms with Crippen molar-refractivity contribution in [3.05, 3.63) is 12.2 Å². The lowest BCUT2D eigenvalue weighted by Crippen LogP contribution is -2.29. The van der Waals surface area contributed by atoms with E-state index in [1.807, 2.05) is 0 Å². The third kappa shape index (κ3) is 6.20. The first-order chi connectivity index (χ1) is 8.88. The number of rotatable bonds is 10. The van der Waals surface area contributed by atoms with Gasteiger partial charge in [0.05, 0.1) is 13.2 Å². The molecule has 1 aliphatic heterocycles. The molecule has 0 saturated heterocycles. The summed E-state index contributed by atoms with van der Waals surface area (Å²) in [5.74, 6) is 1.05. The van der Waals surface area contributed by atoms with Crippen LogP contribution in [-0.2, 0) is 0 Å². The Labute approximate surface area is 112 Å². The van der Waals surface area contributed by atoms with Gasteiger partial charge in [-0.1, -0.05) is 45.1 Å². The fourth-order valence-corrected chi connectivity index (χ4v) is 2.24. The average Bonchev–Trinajstić information content (AvgIpc) is 2.81. The molecule has 0 radical (unpaired) electrons. The zero-order chi connectivity index (χ0) is 13.1. The van der Waals surface area contributed by atoms with Crippen molar-refractivity contribution in [2.45, 2.75) is 51.9 Å². The van der Waals surface area contributed by atoms with Crippen LogP contribution in [0.3, 0.4) is 0 Å². The molecule has 0 bridgehead atoms. The lowest BCUT2D eigenvalue weighted by atomic mass is 10.1. The van der Waals surface area contributed by atoms with Gasteiger partial charge in [-0.25, -0.2) is 0 Å². The summed E-state index contributed by atoms with van der Waals surface area (Å²) in [5.41, 5.74) is 0. The van der Waals surface area contributed by atoms with Gasteiger partial charge in [-0.05, 0) is 18.9 Å². The Bertz CT molecular complexity index is 261. The summed E-state index contributed by atoms with van der Waals surface area (Å²) >= 11 is 0. The van der Waals surface area contributed by atoms with Crippen molar-refractivity contribution < 1.29 is 5.11 Å². The number of aliphatic hydroxyl groups excluding tert-OH is 1. The normalized spacial score (nSPS) is 15.7. The van der Waals surface area contributed by atoms with Gasteiger partial charge in [0.1, 0.15) is 5.84 Å². The maximum Gasteiger partial charge on any atom is 0.123 e. The lowest BCUT2D eigenvalue weighted by Gasteiger charge is -2.16. The monoisotopic (exact) mass is 252 g/mol. The van der Waals surface area contributed by atoms with Crippen LogP contribution in [0, 0.1) is 0 Å². The minimum Gasteiger partial charge on any atom is -0.395 e. The zero-order valence-corrected chi connectivity index (χ0v) is 11.8. The molecule has 3 heteroatoms. The summed E-state index contributed by atoms with van der Waals surface area (Å²) in [7, 11) is 0. The van der Waals surface area contributed by atoms with Crippen LogP contribution in [0.15, 0.2) is 17.1 Å². The molecule has 1 aliphatic rings. The molecule has 0 aromatic rings. The third-order valence-corrected chi connectivity index (χ3v) is 3.33. The van der Waals surface area contributed by atoms with Gasteiger partial charge in [0, 0.05) is 13.1 Å². The van der Waals surface area contributed by atoms with Crippen molar-refractivity contribution in [3.8, 4) is 0 Å². The summed E-state index contributed by atoms with van der Waals surface area (Å²) in [4.78, 5) is 6.59. The Morgan fingerprint density at radius 3 is 2.78 bits per heavy atom. The summed E-state index contributed by atoms with van der Waals surface area (Å²) in [6.45, 7) is 5.00. The van der Waals surface area contributed by atoms with Gasteiger partial charge in [-0.2, -0.15) is 0 Å². The summed E-state index contributed by atoms with van der Waals surface area (Å²) < 4.78 is 0. The number of nitrogens with zero attached hydrogens (tertiary/aromatic N) is 2. The van der Waals surface area contributed by atoms with E-state index in [-0.39, 0.29) is 6.61 Å². The Kier molecular flexibility index (Phi) is 8.57. The van der Waals surface area contributed by atoms with Crippen molar-refractivity contribution in [3.63, 3.8) is 0 Å². The summed E-state index contributed by atoms with van der Waals surface area (Å²) in [6, 6.07) is 0. The van der Waals surface area contributed by atoms with Crippen molar-refractivity contribution in [1.82, 2.24) is 4.90 Å². The maximum atomic E-state index is 8.94. The number of β-amino-alcohol motifs (C(OH)–C–C–N with tert-alkyl or cyclic N) is 1. The maximum absolute atomic E-state index is 8.94. The lowest BCUT2D eigenvalue weighted by molar-refractivity contribution is 0.257. The van der Waals surface area contributed by atoms with Gasteiger partial charge < -0.3 is 10.0 Å². The largest absolute Gasteiger partial charge is 0.395 e. The Morgan fingerprint density at radius 2 is 2.00 bits per heavy atom. The molecule has 1 N–H and O–H groups in total. The van der Waals surface area contributed by atoms with E-state index in [1.54, 1.807) is 0 Å². The molecule has 0 spiro atoms. The number of aliphatic hydroxyl groups is 1. The molecule has 0 atom stereocenters. The fourth-order valence-electron chi connectivity index (χ4n) is 2.24. The van der Waals surface area contributed by atoms with E-state index >= 15 is 0 Å². The smallest absolute Gasteiger partial charge is 0.123 e. The van der Waals surface area contributed by atoms with E-state index in [0.29, 0.717) is 6.54 Å². The van der Waals surface area contributed by atoms with Gasteiger partial charge in [0.15, 0.2) is 0 Å². The number of amidine groups is 1. The van der Waals surface area contributed by atoms with Crippen LogP contribution in [0.5, 0.6) is 0 Å². The van der Waals surface area contributed by atoms with E-state index in [1.165, 1.54) is 38.5 Å². The van der Waals surface area contributed by atoms with Crippen LogP contribution >= 0.6 is 0 Å². The first-order valence-corrected chi connectivity index (χ1v) is 7.45. The molecule has 0 aliphatic carbocycles. The number of allylic oxidation sites excluding steroid dienone is 1. The van der Waals surface area contributed by atoms with Crippen LogP contribution in [0.25, 0.3) is 0 Å². The predicted octanol–water partition coefficient (Wildman–Crippen LogP) is 3.00. The quantitative estimate of drug-likeness (QED) is 0.607. The van der Waals surface area contributed by atoms with Crippen LogP contribution in [-0.4, -0.2) is 42.1 Å². The highest BCUT2D eigenvalue weighted by Gasteiger charge is 2.12. The molecule has 3 nitrogen and oxygen atoms in total. The topological polar surface area (TPSA) is 35.8 Å².